The largest absolute Gasteiger partial charge is 0.497 e. The number of anilines is 1. The summed E-state index contributed by atoms with van der Waals surface area (Å²) in [5.41, 5.74) is 0.170. The second kappa shape index (κ2) is 8.75. The molecule has 30 heavy (non-hydrogen) atoms. The molecule has 0 atom stereocenters. The first-order valence-electron chi connectivity index (χ1n) is 8.60. The van der Waals surface area contributed by atoms with Crippen LogP contribution in [0.2, 0.25) is 0 Å². The Morgan fingerprint density at radius 1 is 1.13 bits per heavy atom. The van der Waals surface area contributed by atoms with Crippen molar-refractivity contribution < 1.29 is 22.3 Å². The van der Waals surface area contributed by atoms with Crippen molar-refractivity contribution in [3.8, 4) is 17.6 Å². The number of nitrogens with zero attached hydrogens (tertiary/aromatic N) is 4. The van der Waals surface area contributed by atoms with Gasteiger partial charge in [-0.3, -0.25) is 0 Å². The summed E-state index contributed by atoms with van der Waals surface area (Å²) in [4.78, 5) is 7.62. The molecule has 1 heterocycles. The van der Waals surface area contributed by atoms with Crippen LogP contribution in [-0.4, -0.2) is 32.6 Å². The summed E-state index contributed by atoms with van der Waals surface area (Å²) in [6.07, 6.45) is 2.62. The molecule has 0 N–H and O–H groups in total. The molecular formula is C20H17FN4O4S. The number of nitriles is 1. The van der Waals surface area contributed by atoms with Crippen LogP contribution in [0.1, 0.15) is 11.1 Å². The lowest BCUT2D eigenvalue weighted by Crippen LogP contribution is -2.31. The maximum Gasteiger partial charge on any atom is 0.265 e. The van der Waals surface area contributed by atoms with Crippen molar-refractivity contribution in [2.45, 2.75) is 11.4 Å². The quantitative estimate of drug-likeness (QED) is 0.570. The Balaban J connectivity index is 2.12. The number of rotatable bonds is 7. The van der Waals surface area contributed by atoms with Crippen molar-refractivity contribution >= 4 is 15.8 Å². The van der Waals surface area contributed by atoms with Crippen LogP contribution >= 0.6 is 0 Å². The molecule has 3 aromatic rings. The fraction of sp³-hybridized carbons (Fsp3) is 0.150. The predicted octanol–water partition coefficient (Wildman–Crippen LogP) is 2.90. The van der Waals surface area contributed by atoms with E-state index in [1.165, 1.54) is 32.8 Å². The average molecular weight is 428 g/mol. The van der Waals surface area contributed by atoms with Gasteiger partial charge in [-0.15, -0.1) is 0 Å². The molecule has 154 valence electrons. The minimum Gasteiger partial charge on any atom is -0.497 e. The summed E-state index contributed by atoms with van der Waals surface area (Å²) in [5, 5.41) is 9.07. The molecule has 10 heteroatoms. The fourth-order valence-electron chi connectivity index (χ4n) is 2.74. The average Bonchev–Trinajstić information content (AvgIpc) is 2.78. The molecule has 0 aliphatic heterocycles. The zero-order chi connectivity index (χ0) is 21.7. The first-order valence-corrected chi connectivity index (χ1v) is 10.0. The van der Waals surface area contributed by atoms with E-state index in [9.17, 15) is 12.8 Å². The normalized spacial score (nSPS) is 10.9. The number of methoxy groups -OCH3 is 2. The number of sulfonamides is 1. The van der Waals surface area contributed by atoms with E-state index in [0.717, 1.165) is 22.5 Å². The Morgan fingerprint density at radius 2 is 1.93 bits per heavy atom. The molecule has 0 saturated carbocycles. The highest BCUT2D eigenvalue weighted by molar-refractivity contribution is 7.92. The lowest BCUT2D eigenvalue weighted by atomic mass is 10.2. The first-order chi connectivity index (χ1) is 14.4. The predicted molar refractivity (Wildman–Crippen MR) is 106 cm³/mol. The Bertz CT molecular complexity index is 1200. The van der Waals surface area contributed by atoms with Gasteiger partial charge in [-0.2, -0.15) is 5.26 Å². The van der Waals surface area contributed by atoms with E-state index in [1.807, 2.05) is 0 Å². The van der Waals surface area contributed by atoms with Crippen molar-refractivity contribution in [3.05, 3.63) is 71.9 Å². The lowest BCUT2D eigenvalue weighted by Gasteiger charge is -2.24. The van der Waals surface area contributed by atoms with Gasteiger partial charge in [0.1, 0.15) is 35.5 Å². The molecule has 0 saturated heterocycles. The number of hydrogen-bond donors (Lipinski definition) is 0. The molecule has 0 unspecified atom stereocenters. The van der Waals surface area contributed by atoms with Gasteiger partial charge in [0.25, 0.3) is 10.0 Å². The van der Waals surface area contributed by atoms with E-state index >= 15 is 0 Å². The van der Waals surface area contributed by atoms with Gasteiger partial charge in [0.2, 0.25) is 0 Å². The molecule has 2 aromatic carbocycles. The van der Waals surface area contributed by atoms with Gasteiger partial charge in [0.05, 0.1) is 31.2 Å². The van der Waals surface area contributed by atoms with Crippen LogP contribution < -0.4 is 13.8 Å². The molecule has 0 aliphatic carbocycles. The van der Waals surface area contributed by atoms with Crippen LogP contribution in [0.15, 0.2) is 59.9 Å². The number of hydrogen-bond acceptors (Lipinski definition) is 7. The van der Waals surface area contributed by atoms with Crippen molar-refractivity contribution in [2.24, 2.45) is 0 Å². The van der Waals surface area contributed by atoms with Crippen molar-refractivity contribution in [2.75, 3.05) is 18.5 Å². The van der Waals surface area contributed by atoms with E-state index in [0.29, 0.717) is 17.1 Å². The molecule has 0 spiro atoms. The van der Waals surface area contributed by atoms with Gasteiger partial charge in [-0.05, 0) is 30.3 Å². The Morgan fingerprint density at radius 3 is 2.57 bits per heavy atom. The molecule has 8 nitrogen and oxygen atoms in total. The van der Waals surface area contributed by atoms with Gasteiger partial charge >= 0.3 is 0 Å². The molecule has 0 amide bonds. The standard InChI is InChI=1S/C20H17FN4O4S/c1-28-16-4-3-14(19(10-16)29-2)12-25(20-7-8-23-13-24-20)30(26,27)17-5-6-18(21)15(9-17)11-22/h3-10,13H,12H2,1-2H3. The van der Waals surface area contributed by atoms with E-state index in [2.05, 4.69) is 9.97 Å². The third-order valence-corrected chi connectivity index (χ3v) is 6.02. The zero-order valence-electron chi connectivity index (χ0n) is 16.1. The molecular weight excluding hydrogens is 411 g/mol. The summed E-state index contributed by atoms with van der Waals surface area (Å²) in [6.45, 7) is -0.133. The van der Waals surface area contributed by atoms with Crippen molar-refractivity contribution in [1.82, 2.24) is 9.97 Å². The molecule has 0 radical (unpaired) electrons. The summed E-state index contributed by atoms with van der Waals surface area (Å²) in [6, 6.07) is 11.1. The number of benzene rings is 2. The third-order valence-electron chi connectivity index (χ3n) is 4.28. The molecule has 3 rings (SSSR count). The molecule has 0 bridgehead atoms. The maximum absolute atomic E-state index is 13.7. The molecule has 0 aliphatic rings. The van der Waals surface area contributed by atoms with Crippen LogP contribution in [0.3, 0.4) is 0 Å². The second-order valence-electron chi connectivity index (χ2n) is 6.01. The SMILES string of the molecule is COc1ccc(CN(c2ccncn2)S(=O)(=O)c2ccc(F)c(C#N)c2)c(OC)c1. The first kappa shape index (κ1) is 21.0. The second-order valence-corrected chi connectivity index (χ2v) is 7.87. The topological polar surface area (TPSA) is 105 Å². The molecule has 0 fully saturated rings. The van der Waals surface area contributed by atoms with E-state index in [-0.39, 0.29) is 22.8 Å². The van der Waals surface area contributed by atoms with Gasteiger partial charge < -0.3 is 9.47 Å². The van der Waals surface area contributed by atoms with Crippen LogP contribution in [0.4, 0.5) is 10.2 Å². The fourth-order valence-corrected chi connectivity index (χ4v) is 4.16. The van der Waals surface area contributed by atoms with E-state index in [1.54, 1.807) is 24.3 Å². The Hall–Kier alpha value is -3.71. The number of aromatic nitrogens is 2. The van der Waals surface area contributed by atoms with Crippen LogP contribution in [0.25, 0.3) is 0 Å². The lowest BCUT2D eigenvalue weighted by molar-refractivity contribution is 0.391. The summed E-state index contributed by atoms with van der Waals surface area (Å²) in [5.74, 6) is 0.261. The highest BCUT2D eigenvalue weighted by Crippen LogP contribution is 2.30. The highest BCUT2D eigenvalue weighted by atomic mass is 32.2. The number of ether oxygens (including phenoxy) is 2. The summed E-state index contributed by atoms with van der Waals surface area (Å²) < 4.78 is 52.1. The van der Waals surface area contributed by atoms with E-state index < -0.39 is 15.8 Å². The van der Waals surface area contributed by atoms with E-state index in [4.69, 9.17) is 14.7 Å². The minimum atomic E-state index is -4.20. The summed E-state index contributed by atoms with van der Waals surface area (Å²) in [7, 11) is -1.24. The van der Waals surface area contributed by atoms with Gasteiger partial charge in [-0.25, -0.2) is 27.1 Å². The van der Waals surface area contributed by atoms with Gasteiger partial charge in [0, 0.05) is 23.9 Å². The monoisotopic (exact) mass is 428 g/mol. The zero-order valence-corrected chi connectivity index (χ0v) is 16.9. The summed E-state index contributed by atoms with van der Waals surface area (Å²) >= 11 is 0. The third kappa shape index (κ3) is 4.16. The van der Waals surface area contributed by atoms with Crippen LogP contribution in [-0.2, 0) is 16.6 Å². The highest BCUT2D eigenvalue weighted by Gasteiger charge is 2.28. The number of halogens is 1. The van der Waals surface area contributed by atoms with Crippen molar-refractivity contribution in [1.29, 1.82) is 5.26 Å². The van der Waals surface area contributed by atoms with Crippen molar-refractivity contribution in [3.63, 3.8) is 0 Å². The smallest absolute Gasteiger partial charge is 0.265 e. The minimum absolute atomic E-state index is 0.103. The van der Waals surface area contributed by atoms with Crippen LogP contribution in [0, 0.1) is 17.1 Å². The van der Waals surface area contributed by atoms with Crippen LogP contribution in [0.5, 0.6) is 11.5 Å². The van der Waals surface area contributed by atoms with Gasteiger partial charge in [-0.1, -0.05) is 0 Å². The Labute approximate surface area is 173 Å². The van der Waals surface area contributed by atoms with Gasteiger partial charge in [0.15, 0.2) is 0 Å². The maximum atomic E-state index is 13.7. The Kier molecular flexibility index (Phi) is 6.13. The molecule has 1 aromatic heterocycles.